The maximum atomic E-state index is 12.7. The molecule has 0 aliphatic heterocycles. The van der Waals surface area contributed by atoms with E-state index in [9.17, 15) is 9.18 Å². The molecule has 0 fully saturated rings. The zero-order valence-corrected chi connectivity index (χ0v) is 10.4. The van der Waals surface area contributed by atoms with Gasteiger partial charge in [-0.3, -0.25) is 4.79 Å². The van der Waals surface area contributed by atoms with Crippen LogP contribution in [0, 0.1) is 17.1 Å². The first-order valence-electron chi connectivity index (χ1n) is 5.37. The van der Waals surface area contributed by atoms with Gasteiger partial charge in [-0.05, 0) is 42.5 Å². The molecule has 2 aromatic carbocycles. The van der Waals surface area contributed by atoms with Crippen LogP contribution in [0.3, 0.4) is 0 Å². The zero-order chi connectivity index (χ0) is 13.8. The third-order valence-electron chi connectivity index (χ3n) is 2.45. The van der Waals surface area contributed by atoms with Crippen LogP contribution >= 0.6 is 11.6 Å². The van der Waals surface area contributed by atoms with Crippen LogP contribution in [-0.4, -0.2) is 5.91 Å². The number of rotatable bonds is 2. The Morgan fingerprint density at radius 3 is 2.53 bits per heavy atom. The van der Waals surface area contributed by atoms with Crippen LogP contribution in [0.25, 0.3) is 0 Å². The summed E-state index contributed by atoms with van der Waals surface area (Å²) in [5, 5.41) is 11.8. The number of amides is 1. The first kappa shape index (κ1) is 13.1. The smallest absolute Gasteiger partial charge is 0.255 e. The molecule has 0 unspecified atom stereocenters. The molecule has 0 atom stereocenters. The summed E-state index contributed by atoms with van der Waals surface area (Å²) >= 11 is 5.79. The van der Waals surface area contributed by atoms with Crippen molar-refractivity contribution in [2.24, 2.45) is 0 Å². The topological polar surface area (TPSA) is 52.9 Å². The highest BCUT2D eigenvalue weighted by Gasteiger charge is 2.07. The second-order valence-corrected chi connectivity index (χ2v) is 4.17. The average Bonchev–Trinajstić information content (AvgIpc) is 2.41. The van der Waals surface area contributed by atoms with Gasteiger partial charge in [0.25, 0.3) is 5.91 Å². The van der Waals surface area contributed by atoms with Crippen LogP contribution in [-0.2, 0) is 0 Å². The molecule has 2 rings (SSSR count). The number of anilines is 1. The number of carbonyl (C=O) groups excluding carboxylic acids is 1. The van der Waals surface area contributed by atoms with Crippen LogP contribution in [0.4, 0.5) is 10.1 Å². The molecule has 0 saturated carbocycles. The van der Waals surface area contributed by atoms with Crippen molar-refractivity contribution in [2.45, 2.75) is 0 Å². The molecular weight excluding hydrogens is 267 g/mol. The van der Waals surface area contributed by atoms with Gasteiger partial charge in [0, 0.05) is 11.3 Å². The lowest BCUT2D eigenvalue weighted by atomic mass is 10.2. The van der Waals surface area contributed by atoms with Crippen molar-refractivity contribution in [2.75, 3.05) is 5.32 Å². The van der Waals surface area contributed by atoms with Gasteiger partial charge in [-0.15, -0.1) is 0 Å². The Balaban J connectivity index is 2.20. The molecule has 2 aromatic rings. The minimum Gasteiger partial charge on any atom is -0.322 e. The summed E-state index contributed by atoms with van der Waals surface area (Å²) < 4.78 is 12.7. The second kappa shape index (κ2) is 5.51. The van der Waals surface area contributed by atoms with E-state index in [1.165, 1.54) is 36.4 Å². The molecule has 5 heteroatoms. The minimum absolute atomic E-state index is 0.276. The predicted molar refractivity (Wildman–Crippen MR) is 70.5 cm³/mol. The number of carbonyl (C=O) groups is 1. The molecule has 0 heterocycles. The quantitative estimate of drug-likeness (QED) is 0.909. The molecule has 3 nitrogen and oxygen atoms in total. The van der Waals surface area contributed by atoms with Gasteiger partial charge in [0.2, 0.25) is 0 Å². The lowest BCUT2D eigenvalue weighted by molar-refractivity contribution is 0.102. The lowest BCUT2D eigenvalue weighted by Crippen LogP contribution is -2.11. The molecule has 94 valence electrons. The Hall–Kier alpha value is -2.38. The van der Waals surface area contributed by atoms with Gasteiger partial charge in [-0.2, -0.15) is 5.26 Å². The van der Waals surface area contributed by atoms with Gasteiger partial charge in [0.15, 0.2) is 0 Å². The number of nitrogens with zero attached hydrogens (tertiary/aromatic N) is 1. The van der Waals surface area contributed by atoms with Crippen molar-refractivity contribution in [3.63, 3.8) is 0 Å². The van der Waals surface area contributed by atoms with Crippen LogP contribution < -0.4 is 5.32 Å². The predicted octanol–water partition coefficient (Wildman–Crippen LogP) is 3.60. The lowest BCUT2D eigenvalue weighted by Gasteiger charge is -2.06. The Morgan fingerprint density at radius 2 is 1.89 bits per heavy atom. The van der Waals surface area contributed by atoms with Crippen molar-refractivity contribution in [1.82, 2.24) is 0 Å². The molecule has 0 aromatic heterocycles. The zero-order valence-electron chi connectivity index (χ0n) is 9.65. The molecule has 0 aliphatic rings. The Labute approximate surface area is 114 Å². The maximum Gasteiger partial charge on any atom is 0.255 e. The van der Waals surface area contributed by atoms with E-state index < -0.39 is 5.82 Å². The molecule has 0 saturated heterocycles. The van der Waals surface area contributed by atoms with Gasteiger partial charge in [0.1, 0.15) is 11.9 Å². The van der Waals surface area contributed by atoms with Crippen LogP contribution in [0.15, 0.2) is 42.5 Å². The van der Waals surface area contributed by atoms with Crippen molar-refractivity contribution in [3.05, 3.63) is 64.4 Å². The van der Waals surface area contributed by atoms with Gasteiger partial charge in [0.05, 0.1) is 10.6 Å². The first-order valence-corrected chi connectivity index (χ1v) is 5.74. The van der Waals surface area contributed by atoms with E-state index in [1.54, 1.807) is 6.07 Å². The molecule has 0 spiro atoms. The van der Waals surface area contributed by atoms with E-state index in [4.69, 9.17) is 16.9 Å². The van der Waals surface area contributed by atoms with E-state index in [2.05, 4.69) is 5.32 Å². The van der Waals surface area contributed by atoms with Crippen LogP contribution in [0.2, 0.25) is 5.02 Å². The van der Waals surface area contributed by atoms with Gasteiger partial charge < -0.3 is 5.32 Å². The Morgan fingerprint density at radius 1 is 1.21 bits per heavy atom. The van der Waals surface area contributed by atoms with E-state index in [0.29, 0.717) is 16.3 Å². The molecule has 1 N–H and O–H groups in total. The van der Waals surface area contributed by atoms with Crippen molar-refractivity contribution in [3.8, 4) is 6.07 Å². The third-order valence-corrected chi connectivity index (χ3v) is 2.78. The summed E-state index contributed by atoms with van der Waals surface area (Å²) in [4.78, 5) is 11.9. The Kier molecular flexibility index (Phi) is 3.79. The monoisotopic (exact) mass is 274 g/mol. The summed E-state index contributed by atoms with van der Waals surface area (Å²) in [6, 6.07) is 11.7. The minimum atomic E-state index is -0.408. The third kappa shape index (κ3) is 3.09. The molecule has 1 amide bonds. The summed E-state index contributed by atoms with van der Waals surface area (Å²) in [7, 11) is 0. The summed E-state index contributed by atoms with van der Waals surface area (Å²) in [6.07, 6.45) is 0. The van der Waals surface area contributed by atoms with Crippen molar-refractivity contribution < 1.29 is 9.18 Å². The van der Waals surface area contributed by atoms with Crippen LogP contribution in [0.5, 0.6) is 0 Å². The first-order chi connectivity index (χ1) is 9.10. The van der Waals surface area contributed by atoms with Gasteiger partial charge >= 0.3 is 0 Å². The fraction of sp³-hybridized carbons (Fsp3) is 0. The normalized spacial score (nSPS) is 9.74. The number of benzene rings is 2. The van der Waals surface area contributed by atoms with Crippen molar-refractivity contribution >= 4 is 23.2 Å². The van der Waals surface area contributed by atoms with Crippen LogP contribution in [0.1, 0.15) is 15.9 Å². The molecule has 0 bridgehead atoms. The van der Waals surface area contributed by atoms with E-state index >= 15 is 0 Å². The molecule has 19 heavy (non-hydrogen) atoms. The SMILES string of the molecule is N#Cc1cc(NC(=O)c2ccc(F)cc2)ccc1Cl. The van der Waals surface area contributed by atoms with Crippen molar-refractivity contribution in [1.29, 1.82) is 5.26 Å². The molecular formula is C14H8ClFN2O. The number of halogens is 2. The number of nitrogens with one attached hydrogen (secondary N) is 1. The molecule has 0 radical (unpaired) electrons. The number of hydrogen-bond acceptors (Lipinski definition) is 2. The van der Waals surface area contributed by atoms with E-state index in [1.807, 2.05) is 6.07 Å². The molecule has 0 aliphatic carbocycles. The fourth-order valence-corrected chi connectivity index (χ4v) is 1.65. The Bertz CT molecular complexity index is 662. The summed E-state index contributed by atoms with van der Waals surface area (Å²) in [6.45, 7) is 0. The number of hydrogen-bond donors (Lipinski definition) is 1. The van der Waals surface area contributed by atoms with Gasteiger partial charge in [-0.1, -0.05) is 11.6 Å². The fourth-order valence-electron chi connectivity index (χ4n) is 1.49. The average molecular weight is 275 g/mol. The largest absolute Gasteiger partial charge is 0.322 e. The number of nitriles is 1. The van der Waals surface area contributed by atoms with E-state index in [-0.39, 0.29) is 11.5 Å². The van der Waals surface area contributed by atoms with Gasteiger partial charge in [-0.25, -0.2) is 4.39 Å². The summed E-state index contributed by atoms with van der Waals surface area (Å²) in [5.41, 5.74) is 1.06. The highest BCUT2D eigenvalue weighted by atomic mass is 35.5. The standard InChI is InChI=1S/C14H8ClFN2O/c15-13-6-5-12(7-10(13)8-17)18-14(19)9-1-3-11(16)4-2-9/h1-7H,(H,18,19). The highest BCUT2D eigenvalue weighted by molar-refractivity contribution is 6.31. The van der Waals surface area contributed by atoms with E-state index in [0.717, 1.165) is 0 Å². The second-order valence-electron chi connectivity index (χ2n) is 3.77. The summed E-state index contributed by atoms with van der Waals surface area (Å²) in [5.74, 6) is -0.791. The maximum absolute atomic E-state index is 12.7. The highest BCUT2D eigenvalue weighted by Crippen LogP contribution is 2.20.